The standard InChI is InChI=1S/C30H36Cl2F3N5O3/c1-6-40-23-15-22(39-12-10-18(11-13-39)30(33,34)35)19(26(41)43-7-2)14-21(23)37-28(40)38-25-20(31)9-8-17(24(25)32)16-36-27(42)29(3,4)5/h8-9,14-15,18H,6-7,10-13,16H2,1-5H3,(H,36,42)(H,37,38). The third kappa shape index (κ3) is 7.15. The van der Waals surface area contributed by atoms with Gasteiger partial charge in [0, 0.05) is 31.6 Å². The molecule has 8 nitrogen and oxygen atoms in total. The molecular weight excluding hydrogens is 606 g/mol. The number of imidazole rings is 1. The zero-order valence-corrected chi connectivity index (χ0v) is 26.3. The van der Waals surface area contributed by atoms with Crippen LogP contribution in [0, 0.1) is 11.3 Å². The molecule has 1 amide bonds. The number of carbonyl (C=O) groups excluding carboxylic acids is 2. The Morgan fingerprint density at radius 1 is 1.09 bits per heavy atom. The molecule has 4 rings (SSSR count). The van der Waals surface area contributed by atoms with E-state index in [2.05, 4.69) is 10.6 Å². The molecule has 2 aromatic carbocycles. The van der Waals surface area contributed by atoms with E-state index in [9.17, 15) is 22.8 Å². The van der Waals surface area contributed by atoms with E-state index in [0.717, 1.165) is 0 Å². The third-order valence-electron chi connectivity index (χ3n) is 7.50. The predicted octanol–water partition coefficient (Wildman–Crippen LogP) is 7.72. The number of carbonyl (C=O) groups is 2. The van der Waals surface area contributed by atoms with Crippen molar-refractivity contribution < 1.29 is 27.5 Å². The minimum atomic E-state index is -4.25. The van der Waals surface area contributed by atoms with Crippen molar-refractivity contribution in [3.05, 3.63) is 45.4 Å². The maximum absolute atomic E-state index is 13.3. The molecule has 0 bridgehead atoms. The second kappa shape index (κ2) is 12.8. The van der Waals surface area contributed by atoms with Crippen molar-refractivity contribution in [1.29, 1.82) is 0 Å². The van der Waals surface area contributed by atoms with Crippen LogP contribution in [0.15, 0.2) is 24.3 Å². The molecule has 0 atom stereocenters. The van der Waals surface area contributed by atoms with Crippen LogP contribution in [0.4, 0.5) is 30.5 Å². The first-order chi connectivity index (χ1) is 20.1. The lowest BCUT2D eigenvalue weighted by atomic mass is 9.95. The molecule has 1 aromatic heterocycles. The number of nitrogens with zero attached hydrogens (tertiary/aromatic N) is 3. The molecule has 1 saturated heterocycles. The largest absolute Gasteiger partial charge is 0.462 e. The lowest BCUT2D eigenvalue weighted by Gasteiger charge is -2.35. The summed E-state index contributed by atoms with van der Waals surface area (Å²) in [5.74, 6) is -1.67. The highest BCUT2D eigenvalue weighted by Gasteiger charge is 2.41. The van der Waals surface area contributed by atoms with Gasteiger partial charge in [0.25, 0.3) is 0 Å². The van der Waals surface area contributed by atoms with Gasteiger partial charge in [-0.05, 0) is 50.5 Å². The molecule has 1 fully saturated rings. The van der Waals surface area contributed by atoms with E-state index in [1.54, 1.807) is 36.1 Å². The van der Waals surface area contributed by atoms with Crippen molar-refractivity contribution >= 4 is 63.4 Å². The second-order valence-electron chi connectivity index (χ2n) is 11.5. The van der Waals surface area contributed by atoms with Crippen LogP contribution in [-0.2, 0) is 22.6 Å². The Kier molecular flexibility index (Phi) is 9.76. The van der Waals surface area contributed by atoms with E-state index in [0.29, 0.717) is 50.5 Å². The summed E-state index contributed by atoms with van der Waals surface area (Å²) in [6.45, 7) is 10.2. The molecule has 1 aliphatic heterocycles. The molecule has 234 valence electrons. The Balaban J connectivity index is 1.72. The molecule has 2 N–H and O–H groups in total. The van der Waals surface area contributed by atoms with E-state index in [1.807, 2.05) is 32.3 Å². The van der Waals surface area contributed by atoms with E-state index in [-0.39, 0.29) is 50.6 Å². The monoisotopic (exact) mass is 641 g/mol. The third-order valence-corrected chi connectivity index (χ3v) is 8.25. The molecule has 0 radical (unpaired) electrons. The first kappa shape index (κ1) is 32.7. The molecular formula is C30H36Cl2F3N5O3. The summed E-state index contributed by atoms with van der Waals surface area (Å²) in [5.41, 5.74) is 2.38. The highest BCUT2D eigenvalue weighted by molar-refractivity contribution is 6.39. The lowest BCUT2D eigenvalue weighted by molar-refractivity contribution is -0.179. The molecule has 13 heteroatoms. The van der Waals surface area contributed by atoms with Gasteiger partial charge in [0.05, 0.1) is 50.5 Å². The Bertz CT molecular complexity index is 1510. The number of rotatable bonds is 8. The first-order valence-electron chi connectivity index (χ1n) is 14.2. The lowest BCUT2D eigenvalue weighted by Crippen LogP contribution is -2.39. The van der Waals surface area contributed by atoms with Crippen LogP contribution in [0.1, 0.15) is 63.4 Å². The SMILES string of the molecule is CCOC(=O)c1cc2nc(Nc3c(Cl)ccc(CNC(=O)C(C)(C)C)c3Cl)n(CC)c2cc1N1CCC(C(F)(F)F)CC1. The molecule has 43 heavy (non-hydrogen) atoms. The number of aryl methyl sites for hydroxylation is 1. The van der Waals surface area contributed by atoms with Crippen LogP contribution in [0.5, 0.6) is 0 Å². The van der Waals surface area contributed by atoms with Crippen molar-refractivity contribution in [3.8, 4) is 0 Å². The summed E-state index contributed by atoms with van der Waals surface area (Å²) in [4.78, 5) is 31.9. The van der Waals surface area contributed by atoms with Gasteiger partial charge < -0.3 is 24.8 Å². The number of hydrogen-bond donors (Lipinski definition) is 2. The fourth-order valence-electron chi connectivity index (χ4n) is 5.06. The number of hydrogen-bond acceptors (Lipinski definition) is 6. The van der Waals surface area contributed by atoms with E-state index in [4.69, 9.17) is 32.9 Å². The molecule has 0 aliphatic carbocycles. The van der Waals surface area contributed by atoms with Gasteiger partial charge in [0.15, 0.2) is 0 Å². The van der Waals surface area contributed by atoms with Crippen LogP contribution >= 0.6 is 23.2 Å². The fraction of sp³-hybridized carbons (Fsp3) is 0.500. The van der Waals surface area contributed by atoms with Gasteiger partial charge >= 0.3 is 12.1 Å². The minimum Gasteiger partial charge on any atom is -0.462 e. The van der Waals surface area contributed by atoms with Crippen molar-refractivity contribution in [1.82, 2.24) is 14.9 Å². The quantitative estimate of drug-likeness (QED) is 0.245. The van der Waals surface area contributed by atoms with Crippen molar-refractivity contribution in [2.45, 2.75) is 66.7 Å². The maximum Gasteiger partial charge on any atom is 0.391 e. The van der Waals surface area contributed by atoms with Crippen molar-refractivity contribution in [3.63, 3.8) is 0 Å². The maximum atomic E-state index is 13.3. The second-order valence-corrected chi connectivity index (χ2v) is 12.3. The van der Waals surface area contributed by atoms with Gasteiger partial charge in [-0.25, -0.2) is 9.78 Å². The zero-order valence-electron chi connectivity index (χ0n) is 24.8. The minimum absolute atomic E-state index is 0.0623. The average molecular weight is 643 g/mol. The fourth-order valence-corrected chi connectivity index (χ4v) is 5.59. The predicted molar refractivity (Wildman–Crippen MR) is 163 cm³/mol. The van der Waals surface area contributed by atoms with E-state index >= 15 is 0 Å². The van der Waals surface area contributed by atoms with Gasteiger partial charge in [-0.15, -0.1) is 0 Å². The summed E-state index contributed by atoms with van der Waals surface area (Å²) in [5, 5.41) is 6.76. The molecule has 2 heterocycles. The van der Waals surface area contributed by atoms with Gasteiger partial charge in [-0.1, -0.05) is 50.0 Å². The normalized spacial score (nSPS) is 14.7. The number of alkyl halides is 3. The number of amides is 1. The van der Waals surface area contributed by atoms with Gasteiger partial charge in [-0.3, -0.25) is 4.79 Å². The number of piperidine rings is 1. The average Bonchev–Trinajstić information content (AvgIpc) is 3.29. The number of benzene rings is 2. The van der Waals surface area contributed by atoms with Crippen LogP contribution in [0.25, 0.3) is 11.0 Å². The summed E-state index contributed by atoms with van der Waals surface area (Å²) in [6, 6.07) is 6.80. The molecule has 3 aromatic rings. The van der Waals surface area contributed by atoms with Gasteiger partial charge in [0.1, 0.15) is 0 Å². The van der Waals surface area contributed by atoms with E-state index < -0.39 is 23.5 Å². The highest BCUT2D eigenvalue weighted by atomic mass is 35.5. The summed E-state index contributed by atoms with van der Waals surface area (Å²) >= 11 is 13.3. The van der Waals surface area contributed by atoms with Crippen LogP contribution in [0.2, 0.25) is 10.0 Å². The first-order valence-corrected chi connectivity index (χ1v) is 15.0. The number of anilines is 3. The van der Waals surface area contributed by atoms with Gasteiger partial charge in [-0.2, -0.15) is 13.2 Å². The summed E-state index contributed by atoms with van der Waals surface area (Å²) in [6.07, 6.45) is -4.38. The molecule has 0 saturated carbocycles. The van der Waals surface area contributed by atoms with Crippen molar-refractivity contribution in [2.24, 2.45) is 11.3 Å². The van der Waals surface area contributed by atoms with Crippen LogP contribution in [0.3, 0.4) is 0 Å². The number of esters is 1. The number of nitrogens with one attached hydrogen (secondary N) is 2. The topological polar surface area (TPSA) is 88.5 Å². The van der Waals surface area contributed by atoms with Crippen molar-refractivity contribution in [2.75, 3.05) is 29.9 Å². The number of fused-ring (bicyclic) bond motifs is 1. The number of ether oxygens (including phenoxy) is 1. The van der Waals surface area contributed by atoms with E-state index in [1.165, 1.54) is 0 Å². The Labute approximate surface area is 258 Å². The molecule has 1 aliphatic rings. The Hall–Kier alpha value is -3.18. The molecule has 0 spiro atoms. The smallest absolute Gasteiger partial charge is 0.391 e. The highest BCUT2D eigenvalue weighted by Crippen LogP contribution is 2.39. The Morgan fingerprint density at radius 2 is 1.77 bits per heavy atom. The summed E-state index contributed by atoms with van der Waals surface area (Å²) in [7, 11) is 0. The summed E-state index contributed by atoms with van der Waals surface area (Å²) < 4.78 is 47.1. The Morgan fingerprint density at radius 3 is 2.35 bits per heavy atom. The number of halogens is 5. The zero-order chi connectivity index (χ0) is 31.7. The van der Waals surface area contributed by atoms with Crippen LogP contribution in [-0.4, -0.2) is 47.3 Å². The molecule has 0 unspecified atom stereocenters. The van der Waals surface area contributed by atoms with Gasteiger partial charge in [0.2, 0.25) is 11.9 Å². The van der Waals surface area contributed by atoms with Crippen LogP contribution < -0.4 is 15.5 Å². The number of aromatic nitrogens is 2.